The summed E-state index contributed by atoms with van der Waals surface area (Å²) in [5.41, 5.74) is 5.22. The maximum atomic E-state index is 7.81. The summed E-state index contributed by atoms with van der Waals surface area (Å²) < 4.78 is 0. The zero-order valence-electron chi connectivity index (χ0n) is 9.75. The predicted octanol–water partition coefficient (Wildman–Crippen LogP) is 1.48. The van der Waals surface area contributed by atoms with E-state index in [-0.39, 0.29) is 24.3 Å². The monoisotopic (exact) mass is 247 g/mol. The molecular formula is C10H22ClN5. The van der Waals surface area contributed by atoms with Crippen molar-refractivity contribution in [3.05, 3.63) is 0 Å². The molecule has 0 radical (unpaired) electrons. The maximum Gasteiger partial charge on any atom is 0.198 e. The van der Waals surface area contributed by atoms with Crippen LogP contribution in [0.15, 0.2) is 0 Å². The van der Waals surface area contributed by atoms with Crippen molar-refractivity contribution in [3.8, 4) is 0 Å². The minimum absolute atomic E-state index is 0. The van der Waals surface area contributed by atoms with Gasteiger partial charge in [0.15, 0.2) is 11.9 Å². The zero-order valence-corrected chi connectivity index (χ0v) is 10.6. The molecule has 0 atom stereocenters. The molecule has 16 heavy (non-hydrogen) atoms. The van der Waals surface area contributed by atoms with E-state index in [1.165, 1.54) is 19.3 Å². The van der Waals surface area contributed by atoms with Crippen LogP contribution in [0.25, 0.3) is 0 Å². The highest BCUT2D eigenvalue weighted by Gasteiger charge is 2.21. The van der Waals surface area contributed by atoms with Crippen molar-refractivity contribution in [2.45, 2.75) is 45.1 Å². The first-order valence-electron chi connectivity index (χ1n) is 5.61. The van der Waals surface area contributed by atoms with Crippen molar-refractivity contribution >= 4 is 24.3 Å². The molecule has 5 N–H and O–H groups in total. The SMILES string of the molecule is CCN(C(=N)NC(=N)N)C1CCCCC1.Cl. The Balaban J connectivity index is 0.00000225. The van der Waals surface area contributed by atoms with Gasteiger partial charge < -0.3 is 10.6 Å². The number of nitrogens with one attached hydrogen (secondary N) is 3. The Labute approximate surface area is 103 Å². The van der Waals surface area contributed by atoms with Crippen molar-refractivity contribution in [1.29, 1.82) is 10.8 Å². The Kier molecular flexibility index (Phi) is 6.88. The summed E-state index contributed by atoms with van der Waals surface area (Å²) in [5, 5.41) is 17.5. The van der Waals surface area contributed by atoms with E-state index in [4.69, 9.17) is 16.6 Å². The van der Waals surface area contributed by atoms with Gasteiger partial charge in [0.05, 0.1) is 0 Å². The van der Waals surface area contributed by atoms with Crippen molar-refractivity contribution in [3.63, 3.8) is 0 Å². The first-order chi connectivity index (χ1) is 7.15. The molecule has 5 nitrogen and oxygen atoms in total. The van der Waals surface area contributed by atoms with Crippen LogP contribution in [0, 0.1) is 10.8 Å². The van der Waals surface area contributed by atoms with E-state index in [0.717, 1.165) is 19.4 Å². The minimum atomic E-state index is -0.158. The number of nitrogens with zero attached hydrogens (tertiary/aromatic N) is 1. The Hall–Kier alpha value is -0.970. The van der Waals surface area contributed by atoms with E-state index >= 15 is 0 Å². The van der Waals surface area contributed by atoms with Gasteiger partial charge >= 0.3 is 0 Å². The van der Waals surface area contributed by atoms with Gasteiger partial charge in [-0.2, -0.15) is 0 Å². The molecule has 0 aromatic heterocycles. The lowest BCUT2D eigenvalue weighted by Gasteiger charge is -2.35. The van der Waals surface area contributed by atoms with Gasteiger partial charge in [-0.05, 0) is 19.8 Å². The number of hydrogen-bond donors (Lipinski definition) is 4. The highest BCUT2D eigenvalue weighted by Crippen LogP contribution is 2.22. The fraction of sp³-hybridized carbons (Fsp3) is 0.800. The Morgan fingerprint density at radius 1 is 1.31 bits per heavy atom. The van der Waals surface area contributed by atoms with Crippen LogP contribution in [0.5, 0.6) is 0 Å². The maximum absolute atomic E-state index is 7.81. The molecule has 1 aliphatic rings. The molecule has 0 unspecified atom stereocenters. The van der Waals surface area contributed by atoms with Gasteiger partial charge in [0.25, 0.3) is 0 Å². The molecule has 6 heteroatoms. The summed E-state index contributed by atoms with van der Waals surface area (Å²) >= 11 is 0. The smallest absolute Gasteiger partial charge is 0.198 e. The van der Waals surface area contributed by atoms with E-state index in [9.17, 15) is 0 Å². The summed E-state index contributed by atoms with van der Waals surface area (Å²) in [6.45, 7) is 2.83. The lowest BCUT2D eigenvalue weighted by Crippen LogP contribution is -2.50. The standard InChI is InChI=1S/C10H21N5.ClH/c1-2-15(10(13)14-9(11)12)8-6-4-3-5-7-8;/h8H,2-7H2,1H3,(H5,11,12,13,14);1H. The Morgan fingerprint density at radius 2 is 1.88 bits per heavy atom. The molecular weight excluding hydrogens is 226 g/mol. The molecule has 0 bridgehead atoms. The number of nitrogens with two attached hydrogens (primary N) is 1. The van der Waals surface area contributed by atoms with Crippen LogP contribution in [-0.4, -0.2) is 29.4 Å². The molecule has 0 amide bonds. The van der Waals surface area contributed by atoms with Crippen LogP contribution >= 0.6 is 12.4 Å². The summed E-state index contributed by atoms with van der Waals surface area (Å²) in [6.07, 6.45) is 6.09. The lowest BCUT2D eigenvalue weighted by molar-refractivity contribution is 0.246. The summed E-state index contributed by atoms with van der Waals surface area (Å²) in [4.78, 5) is 2.00. The van der Waals surface area contributed by atoms with Gasteiger partial charge in [-0.25, -0.2) is 0 Å². The van der Waals surface area contributed by atoms with Crippen molar-refractivity contribution in [2.75, 3.05) is 6.54 Å². The topological polar surface area (TPSA) is 89.0 Å². The molecule has 1 fully saturated rings. The van der Waals surface area contributed by atoms with Gasteiger partial charge in [-0.15, -0.1) is 12.4 Å². The quantitative estimate of drug-likeness (QED) is 0.440. The minimum Gasteiger partial charge on any atom is -0.370 e. The van der Waals surface area contributed by atoms with Crippen LogP contribution in [0.3, 0.4) is 0 Å². The number of guanidine groups is 2. The summed E-state index contributed by atoms with van der Waals surface area (Å²) in [7, 11) is 0. The fourth-order valence-corrected chi connectivity index (χ4v) is 2.19. The van der Waals surface area contributed by atoms with Crippen molar-refractivity contribution in [1.82, 2.24) is 10.2 Å². The Bertz CT molecular complexity index is 237. The van der Waals surface area contributed by atoms with Crippen LogP contribution in [0.2, 0.25) is 0 Å². The van der Waals surface area contributed by atoms with E-state index in [1.54, 1.807) is 0 Å². The second kappa shape index (κ2) is 7.33. The molecule has 0 heterocycles. The van der Waals surface area contributed by atoms with Gasteiger partial charge in [0.1, 0.15) is 0 Å². The Morgan fingerprint density at radius 3 is 2.31 bits per heavy atom. The number of hydrogen-bond acceptors (Lipinski definition) is 2. The normalized spacial score (nSPS) is 16.1. The van der Waals surface area contributed by atoms with Crippen molar-refractivity contribution in [2.24, 2.45) is 5.73 Å². The molecule has 94 valence electrons. The first kappa shape index (κ1) is 15.0. The van der Waals surface area contributed by atoms with E-state index in [1.807, 2.05) is 11.8 Å². The van der Waals surface area contributed by atoms with Crippen LogP contribution < -0.4 is 11.1 Å². The third kappa shape index (κ3) is 4.26. The van der Waals surface area contributed by atoms with Gasteiger partial charge in [-0.1, -0.05) is 19.3 Å². The van der Waals surface area contributed by atoms with Gasteiger partial charge in [0, 0.05) is 12.6 Å². The van der Waals surface area contributed by atoms with E-state index in [2.05, 4.69) is 5.32 Å². The van der Waals surface area contributed by atoms with Crippen LogP contribution in [0.4, 0.5) is 0 Å². The third-order valence-corrected chi connectivity index (χ3v) is 2.90. The second-order valence-corrected chi connectivity index (χ2v) is 3.97. The predicted molar refractivity (Wildman–Crippen MR) is 69.3 cm³/mol. The van der Waals surface area contributed by atoms with Gasteiger partial charge in [-0.3, -0.25) is 16.1 Å². The number of halogens is 1. The average Bonchev–Trinajstić information content (AvgIpc) is 2.19. The highest BCUT2D eigenvalue weighted by molar-refractivity contribution is 5.94. The highest BCUT2D eigenvalue weighted by atomic mass is 35.5. The van der Waals surface area contributed by atoms with Crippen LogP contribution in [-0.2, 0) is 0 Å². The molecule has 0 aliphatic heterocycles. The van der Waals surface area contributed by atoms with E-state index < -0.39 is 0 Å². The lowest BCUT2D eigenvalue weighted by atomic mass is 9.94. The van der Waals surface area contributed by atoms with Gasteiger partial charge in [0.2, 0.25) is 0 Å². The molecule has 1 rings (SSSR count). The molecule has 0 aromatic carbocycles. The summed E-state index contributed by atoms with van der Waals surface area (Å²) in [6, 6.07) is 0.447. The largest absolute Gasteiger partial charge is 0.370 e. The molecule has 0 saturated heterocycles. The van der Waals surface area contributed by atoms with E-state index in [0.29, 0.717) is 6.04 Å². The number of rotatable bonds is 2. The van der Waals surface area contributed by atoms with Crippen LogP contribution in [0.1, 0.15) is 39.0 Å². The fourth-order valence-electron chi connectivity index (χ4n) is 2.19. The molecule has 1 aliphatic carbocycles. The molecule has 1 saturated carbocycles. The van der Waals surface area contributed by atoms with Crippen molar-refractivity contribution < 1.29 is 0 Å². The third-order valence-electron chi connectivity index (χ3n) is 2.90. The molecule has 0 aromatic rings. The second-order valence-electron chi connectivity index (χ2n) is 3.97. The molecule has 0 spiro atoms. The zero-order chi connectivity index (χ0) is 11.3. The average molecular weight is 248 g/mol. The first-order valence-corrected chi connectivity index (χ1v) is 5.61. The summed E-state index contributed by atoms with van der Waals surface area (Å²) in [5.74, 6) is 0.103.